The van der Waals surface area contributed by atoms with Gasteiger partial charge in [0.1, 0.15) is 6.04 Å². The molecule has 1 heterocycles. The van der Waals surface area contributed by atoms with Gasteiger partial charge in [-0.3, -0.25) is 9.59 Å². The first-order valence-electron chi connectivity index (χ1n) is 7.10. The fourth-order valence-corrected chi connectivity index (χ4v) is 2.63. The molecule has 0 saturated heterocycles. The van der Waals surface area contributed by atoms with Crippen LogP contribution in [0.4, 0.5) is 11.4 Å². The highest BCUT2D eigenvalue weighted by Gasteiger charge is 2.33. The Bertz CT molecular complexity index is 700. The number of fused-ring (bicyclic) bond motifs is 1. The lowest BCUT2D eigenvalue weighted by atomic mass is 10.0. The van der Waals surface area contributed by atoms with E-state index in [0.717, 1.165) is 16.9 Å². The zero-order valence-corrected chi connectivity index (χ0v) is 11.9. The Labute approximate surface area is 128 Å². The Balaban J connectivity index is 1.97. The molecule has 3 rings (SSSR count). The first-order valence-corrected chi connectivity index (χ1v) is 7.10. The monoisotopic (exact) mass is 296 g/mol. The van der Waals surface area contributed by atoms with Crippen molar-refractivity contribution in [3.8, 4) is 0 Å². The number of carbonyl (C=O) groups excluding carboxylic acids is 1. The van der Waals surface area contributed by atoms with E-state index in [0.29, 0.717) is 0 Å². The van der Waals surface area contributed by atoms with Gasteiger partial charge < -0.3 is 15.3 Å². The van der Waals surface area contributed by atoms with Gasteiger partial charge in [0.05, 0.1) is 17.8 Å². The van der Waals surface area contributed by atoms with Crippen LogP contribution in [0.2, 0.25) is 0 Å². The molecule has 112 valence electrons. The first kappa shape index (κ1) is 14.1. The van der Waals surface area contributed by atoms with Gasteiger partial charge in [0.25, 0.3) is 5.91 Å². The molecule has 0 spiro atoms. The summed E-state index contributed by atoms with van der Waals surface area (Å²) in [6.45, 7) is 0.163. The fourth-order valence-electron chi connectivity index (χ4n) is 2.63. The summed E-state index contributed by atoms with van der Waals surface area (Å²) in [5.74, 6) is -1.05. The molecule has 2 aromatic carbocycles. The highest BCUT2D eigenvalue weighted by Crippen LogP contribution is 2.36. The number of anilines is 2. The van der Waals surface area contributed by atoms with Crippen molar-refractivity contribution in [3.05, 3.63) is 60.2 Å². The molecule has 5 nitrogen and oxygen atoms in total. The first-order chi connectivity index (χ1) is 10.7. The summed E-state index contributed by atoms with van der Waals surface area (Å²) in [4.78, 5) is 25.2. The number of nitrogens with one attached hydrogen (secondary N) is 1. The average molecular weight is 296 g/mol. The van der Waals surface area contributed by atoms with Crippen LogP contribution in [0.5, 0.6) is 0 Å². The molecule has 0 fully saturated rings. The molecule has 1 aliphatic heterocycles. The highest BCUT2D eigenvalue weighted by atomic mass is 16.4. The fraction of sp³-hybridized carbons (Fsp3) is 0.176. The van der Waals surface area contributed by atoms with Crippen LogP contribution in [-0.4, -0.2) is 23.5 Å². The van der Waals surface area contributed by atoms with Crippen LogP contribution in [0.3, 0.4) is 0 Å². The Morgan fingerprint density at radius 3 is 2.50 bits per heavy atom. The number of aliphatic carboxylic acids is 1. The molecule has 0 aliphatic carbocycles. The van der Waals surface area contributed by atoms with Crippen molar-refractivity contribution in [2.75, 3.05) is 16.8 Å². The van der Waals surface area contributed by atoms with Crippen molar-refractivity contribution in [3.63, 3.8) is 0 Å². The number of carboxylic acids is 1. The van der Waals surface area contributed by atoms with Crippen LogP contribution in [-0.2, 0) is 9.59 Å². The molecule has 1 amide bonds. The van der Waals surface area contributed by atoms with Gasteiger partial charge in [-0.05, 0) is 17.7 Å². The molecule has 1 unspecified atom stereocenters. The number of rotatable bonds is 4. The summed E-state index contributed by atoms with van der Waals surface area (Å²) in [7, 11) is 0. The Morgan fingerprint density at radius 2 is 1.77 bits per heavy atom. The van der Waals surface area contributed by atoms with Crippen molar-refractivity contribution in [1.29, 1.82) is 0 Å². The number of amides is 1. The van der Waals surface area contributed by atoms with Gasteiger partial charge >= 0.3 is 5.97 Å². The van der Waals surface area contributed by atoms with Crippen molar-refractivity contribution >= 4 is 23.3 Å². The molecule has 2 aromatic rings. The zero-order chi connectivity index (χ0) is 15.5. The summed E-state index contributed by atoms with van der Waals surface area (Å²) in [5.41, 5.74) is 2.42. The van der Waals surface area contributed by atoms with E-state index in [9.17, 15) is 9.59 Å². The maximum atomic E-state index is 12.8. The smallest absolute Gasteiger partial charge is 0.305 e. The number of benzene rings is 2. The number of carboxylic acid groups (broad SMARTS) is 1. The van der Waals surface area contributed by atoms with E-state index in [-0.39, 0.29) is 18.9 Å². The maximum absolute atomic E-state index is 12.8. The minimum absolute atomic E-state index is 0.0818. The number of hydrogen-bond acceptors (Lipinski definition) is 3. The highest BCUT2D eigenvalue weighted by molar-refractivity contribution is 6.05. The predicted molar refractivity (Wildman–Crippen MR) is 83.9 cm³/mol. The van der Waals surface area contributed by atoms with Crippen LogP contribution >= 0.6 is 0 Å². The molecule has 0 radical (unpaired) electrons. The second-order valence-corrected chi connectivity index (χ2v) is 5.14. The molecular weight excluding hydrogens is 280 g/mol. The quantitative estimate of drug-likeness (QED) is 0.910. The molecule has 1 atom stereocenters. The van der Waals surface area contributed by atoms with E-state index < -0.39 is 12.0 Å². The average Bonchev–Trinajstić information content (AvgIpc) is 2.54. The topological polar surface area (TPSA) is 69.6 Å². The third kappa shape index (κ3) is 2.65. The maximum Gasteiger partial charge on any atom is 0.305 e. The van der Waals surface area contributed by atoms with E-state index in [1.807, 2.05) is 54.6 Å². The van der Waals surface area contributed by atoms with Gasteiger partial charge in [0.15, 0.2) is 0 Å². The number of carbonyl (C=O) groups is 2. The molecule has 2 N–H and O–H groups in total. The minimum atomic E-state index is -0.917. The number of hydrogen-bond donors (Lipinski definition) is 2. The normalized spacial score (nSPS) is 16.8. The minimum Gasteiger partial charge on any atom is -0.481 e. The lowest BCUT2D eigenvalue weighted by Gasteiger charge is -2.35. The Kier molecular flexibility index (Phi) is 3.78. The van der Waals surface area contributed by atoms with Crippen molar-refractivity contribution < 1.29 is 14.7 Å². The van der Waals surface area contributed by atoms with E-state index >= 15 is 0 Å². The van der Waals surface area contributed by atoms with Gasteiger partial charge in [-0.1, -0.05) is 42.5 Å². The third-order valence-electron chi connectivity index (χ3n) is 3.69. The zero-order valence-electron chi connectivity index (χ0n) is 11.9. The number of para-hydroxylation sites is 2. The van der Waals surface area contributed by atoms with Gasteiger partial charge in [0, 0.05) is 6.54 Å². The summed E-state index contributed by atoms with van der Waals surface area (Å²) in [5, 5.41) is 12.1. The molecule has 22 heavy (non-hydrogen) atoms. The molecule has 0 bridgehead atoms. The van der Waals surface area contributed by atoms with Crippen molar-refractivity contribution in [2.45, 2.75) is 12.5 Å². The standard InChI is InChI=1S/C17H16N2O3/c20-15(21)10-11-19-14-9-5-4-8-13(14)18-16(17(19)22)12-6-2-1-3-7-12/h1-9,16,18H,10-11H2,(H,20,21). The molecule has 5 heteroatoms. The summed E-state index contributed by atoms with van der Waals surface area (Å²) in [6.07, 6.45) is -0.0818. The Morgan fingerprint density at radius 1 is 1.09 bits per heavy atom. The predicted octanol–water partition coefficient (Wildman–Crippen LogP) is 2.66. The van der Waals surface area contributed by atoms with Gasteiger partial charge in [-0.2, -0.15) is 0 Å². The second kappa shape index (κ2) is 5.89. The van der Waals surface area contributed by atoms with Crippen molar-refractivity contribution in [1.82, 2.24) is 0 Å². The van der Waals surface area contributed by atoms with Crippen LogP contribution in [0, 0.1) is 0 Å². The van der Waals surface area contributed by atoms with E-state index in [1.165, 1.54) is 0 Å². The summed E-state index contributed by atoms with van der Waals surface area (Å²) >= 11 is 0. The van der Waals surface area contributed by atoms with Crippen molar-refractivity contribution in [2.24, 2.45) is 0 Å². The number of nitrogens with zero attached hydrogens (tertiary/aromatic N) is 1. The second-order valence-electron chi connectivity index (χ2n) is 5.14. The molecule has 1 aliphatic rings. The van der Waals surface area contributed by atoms with Gasteiger partial charge in [-0.15, -0.1) is 0 Å². The lowest BCUT2D eigenvalue weighted by Crippen LogP contribution is -2.43. The molecule has 0 aromatic heterocycles. The lowest BCUT2D eigenvalue weighted by molar-refractivity contribution is -0.136. The SMILES string of the molecule is O=C(O)CCN1C(=O)C(c2ccccc2)Nc2ccccc21. The molecular formula is C17H16N2O3. The van der Waals surface area contributed by atoms with Crippen LogP contribution < -0.4 is 10.2 Å². The van der Waals surface area contributed by atoms with Crippen LogP contribution in [0.25, 0.3) is 0 Å². The largest absolute Gasteiger partial charge is 0.481 e. The van der Waals surface area contributed by atoms with Gasteiger partial charge in [-0.25, -0.2) is 0 Å². The van der Waals surface area contributed by atoms with E-state index in [4.69, 9.17) is 5.11 Å². The van der Waals surface area contributed by atoms with Gasteiger partial charge in [0.2, 0.25) is 0 Å². The summed E-state index contributed by atoms with van der Waals surface area (Å²) < 4.78 is 0. The molecule has 0 saturated carbocycles. The van der Waals surface area contributed by atoms with E-state index in [2.05, 4.69) is 5.32 Å². The van der Waals surface area contributed by atoms with E-state index in [1.54, 1.807) is 4.90 Å². The summed E-state index contributed by atoms with van der Waals surface area (Å²) in [6, 6.07) is 16.4. The van der Waals surface area contributed by atoms with Crippen LogP contribution in [0.1, 0.15) is 18.0 Å². The Hall–Kier alpha value is -2.82. The third-order valence-corrected chi connectivity index (χ3v) is 3.69. The van der Waals surface area contributed by atoms with Crippen LogP contribution in [0.15, 0.2) is 54.6 Å².